The van der Waals surface area contributed by atoms with Gasteiger partial charge in [-0.05, 0) is 63.1 Å². The highest BCUT2D eigenvalue weighted by atomic mass is 16.4. The van der Waals surface area contributed by atoms with Crippen LogP contribution in [0.5, 0.6) is 5.75 Å². The Labute approximate surface area is 182 Å². The molecule has 166 valence electrons. The Morgan fingerprint density at radius 1 is 0.867 bits per heavy atom. The van der Waals surface area contributed by atoms with Gasteiger partial charge in [0.15, 0.2) is 0 Å². The smallest absolute Gasteiger partial charge is 0.336 e. The molecule has 0 saturated carbocycles. The zero-order valence-electron chi connectivity index (χ0n) is 19.0. The number of aromatic hydroxyl groups is 1. The maximum Gasteiger partial charge on any atom is 0.336 e. The number of allylic oxidation sites excluding steroid dienone is 2. The Hall–Kier alpha value is -2.03. The quantitative estimate of drug-likeness (QED) is 0.183. The van der Waals surface area contributed by atoms with Crippen LogP contribution < -0.4 is 5.63 Å². The Bertz CT molecular complexity index is 832. The molecule has 0 radical (unpaired) electrons. The van der Waals surface area contributed by atoms with Crippen molar-refractivity contribution < 1.29 is 9.52 Å². The number of fused-ring (bicyclic) bond motifs is 1. The first-order chi connectivity index (χ1) is 14.6. The highest BCUT2D eigenvalue weighted by Crippen LogP contribution is 2.30. The molecule has 3 heteroatoms. The highest BCUT2D eigenvalue weighted by molar-refractivity contribution is 5.85. The Kier molecular flexibility index (Phi) is 11.4. The second-order valence-electron chi connectivity index (χ2n) is 8.51. The van der Waals surface area contributed by atoms with Crippen molar-refractivity contribution in [1.29, 1.82) is 0 Å². The topological polar surface area (TPSA) is 50.4 Å². The third-order valence-electron chi connectivity index (χ3n) is 5.92. The minimum Gasteiger partial charge on any atom is -0.508 e. The van der Waals surface area contributed by atoms with Crippen LogP contribution in [0.4, 0.5) is 0 Å². The van der Waals surface area contributed by atoms with Crippen molar-refractivity contribution in [3.63, 3.8) is 0 Å². The predicted octanol–water partition coefficient (Wildman–Crippen LogP) is 8.00. The van der Waals surface area contributed by atoms with E-state index >= 15 is 0 Å². The molecule has 1 aromatic carbocycles. The van der Waals surface area contributed by atoms with Crippen LogP contribution in [0.25, 0.3) is 11.0 Å². The van der Waals surface area contributed by atoms with E-state index in [9.17, 15) is 9.90 Å². The van der Waals surface area contributed by atoms with E-state index in [2.05, 4.69) is 19.1 Å². The molecular formula is C27H40O3. The van der Waals surface area contributed by atoms with Crippen LogP contribution in [0, 0.1) is 6.92 Å². The molecule has 2 rings (SSSR count). The van der Waals surface area contributed by atoms with E-state index in [1.165, 1.54) is 83.1 Å². The first-order valence-electron chi connectivity index (χ1n) is 12.0. The SMILES string of the molecule is CCCCCCCCC=CCCCCCCCc1cc(O)c(C)c2oc(=O)ccc12. The van der Waals surface area contributed by atoms with Gasteiger partial charge in [0.1, 0.15) is 11.3 Å². The number of unbranched alkanes of at least 4 members (excludes halogenated alkanes) is 11. The lowest BCUT2D eigenvalue weighted by Crippen LogP contribution is -1.98. The standard InChI is InChI=1S/C27H40O3/c1-3-4-5-6-7-8-9-10-11-12-13-14-15-16-17-18-23-21-25(28)22(2)27-24(23)19-20-26(29)30-27/h10-11,19-21,28H,3-9,12-18H2,1-2H3. The van der Waals surface area contributed by atoms with Crippen molar-refractivity contribution >= 4 is 11.0 Å². The van der Waals surface area contributed by atoms with Crippen LogP contribution in [-0.2, 0) is 6.42 Å². The van der Waals surface area contributed by atoms with Crippen LogP contribution in [0.3, 0.4) is 0 Å². The van der Waals surface area contributed by atoms with E-state index in [0.29, 0.717) is 11.1 Å². The fraction of sp³-hybridized carbons (Fsp3) is 0.593. The van der Waals surface area contributed by atoms with Crippen LogP contribution in [0.1, 0.15) is 102 Å². The van der Waals surface area contributed by atoms with Crippen molar-refractivity contribution in [1.82, 2.24) is 0 Å². The number of phenolic OH excluding ortho intramolecular Hbond substituents is 1. The molecule has 0 bridgehead atoms. The second kappa shape index (κ2) is 14.1. The number of hydrogen-bond donors (Lipinski definition) is 1. The number of benzene rings is 1. The van der Waals surface area contributed by atoms with Gasteiger partial charge < -0.3 is 9.52 Å². The third-order valence-corrected chi connectivity index (χ3v) is 5.92. The summed E-state index contributed by atoms with van der Waals surface area (Å²) in [4.78, 5) is 11.5. The van der Waals surface area contributed by atoms with E-state index in [-0.39, 0.29) is 11.4 Å². The molecule has 2 aromatic rings. The van der Waals surface area contributed by atoms with Crippen LogP contribution in [0.15, 0.2) is 39.6 Å². The van der Waals surface area contributed by atoms with Gasteiger partial charge in [-0.15, -0.1) is 0 Å². The average Bonchev–Trinajstić information content (AvgIpc) is 2.74. The lowest BCUT2D eigenvalue weighted by molar-refractivity contribution is 0.467. The van der Waals surface area contributed by atoms with E-state index in [1.54, 1.807) is 6.92 Å². The van der Waals surface area contributed by atoms with Gasteiger partial charge in [0.05, 0.1) is 0 Å². The van der Waals surface area contributed by atoms with Crippen molar-refractivity contribution in [3.8, 4) is 5.75 Å². The van der Waals surface area contributed by atoms with Crippen molar-refractivity contribution in [2.45, 2.75) is 104 Å². The van der Waals surface area contributed by atoms with Gasteiger partial charge in [-0.2, -0.15) is 0 Å². The fourth-order valence-corrected chi connectivity index (χ4v) is 4.01. The van der Waals surface area contributed by atoms with Gasteiger partial charge in [-0.1, -0.05) is 70.4 Å². The summed E-state index contributed by atoms with van der Waals surface area (Å²) < 4.78 is 5.32. The number of phenols is 1. The Morgan fingerprint density at radius 2 is 1.47 bits per heavy atom. The molecule has 0 amide bonds. The summed E-state index contributed by atoms with van der Waals surface area (Å²) in [6.07, 6.45) is 22.4. The second-order valence-corrected chi connectivity index (χ2v) is 8.51. The molecule has 0 saturated heterocycles. The van der Waals surface area contributed by atoms with Gasteiger partial charge in [-0.25, -0.2) is 4.79 Å². The summed E-state index contributed by atoms with van der Waals surface area (Å²) in [6, 6.07) is 5.11. The zero-order chi connectivity index (χ0) is 21.6. The van der Waals surface area contributed by atoms with Crippen LogP contribution in [0.2, 0.25) is 0 Å². The monoisotopic (exact) mass is 412 g/mol. The van der Waals surface area contributed by atoms with Gasteiger partial charge >= 0.3 is 5.63 Å². The maximum absolute atomic E-state index is 11.5. The summed E-state index contributed by atoms with van der Waals surface area (Å²) in [5, 5.41) is 11.1. The van der Waals surface area contributed by atoms with Gasteiger partial charge in [0.25, 0.3) is 0 Å². The first kappa shape index (κ1) is 24.2. The molecule has 1 heterocycles. The fourth-order valence-electron chi connectivity index (χ4n) is 4.01. The predicted molar refractivity (Wildman–Crippen MR) is 127 cm³/mol. The molecule has 0 unspecified atom stereocenters. The first-order valence-corrected chi connectivity index (χ1v) is 12.0. The van der Waals surface area contributed by atoms with Gasteiger partial charge in [0.2, 0.25) is 0 Å². The van der Waals surface area contributed by atoms with Crippen molar-refractivity contribution in [2.24, 2.45) is 0 Å². The molecular weight excluding hydrogens is 372 g/mol. The summed E-state index contributed by atoms with van der Waals surface area (Å²) in [5.41, 5.74) is 1.85. The largest absolute Gasteiger partial charge is 0.508 e. The summed E-state index contributed by atoms with van der Waals surface area (Å²) >= 11 is 0. The molecule has 0 aliphatic carbocycles. The molecule has 1 N–H and O–H groups in total. The summed E-state index contributed by atoms with van der Waals surface area (Å²) in [7, 11) is 0. The molecule has 0 fully saturated rings. The summed E-state index contributed by atoms with van der Waals surface area (Å²) in [6.45, 7) is 4.05. The average molecular weight is 413 g/mol. The lowest BCUT2D eigenvalue weighted by atomic mass is 9.99. The lowest BCUT2D eigenvalue weighted by Gasteiger charge is -2.09. The minimum atomic E-state index is -0.372. The zero-order valence-corrected chi connectivity index (χ0v) is 19.0. The molecule has 30 heavy (non-hydrogen) atoms. The van der Waals surface area contributed by atoms with Crippen molar-refractivity contribution in [3.05, 3.63) is 51.9 Å². The van der Waals surface area contributed by atoms with E-state index in [1.807, 2.05) is 12.1 Å². The summed E-state index contributed by atoms with van der Waals surface area (Å²) in [5.74, 6) is 0.208. The van der Waals surface area contributed by atoms with E-state index in [4.69, 9.17) is 4.42 Å². The van der Waals surface area contributed by atoms with Crippen molar-refractivity contribution in [2.75, 3.05) is 0 Å². The Balaban J connectivity index is 1.58. The molecule has 1 aromatic heterocycles. The molecule has 0 spiro atoms. The normalized spacial score (nSPS) is 11.7. The van der Waals surface area contributed by atoms with E-state index < -0.39 is 0 Å². The number of aryl methyl sites for hydroxylation is 2. The van der Waals surface area contributed by atoms with Crippen LogP contribution in [-0.4, -0.2) is 5.11 Å². The molecule has 0 aliphatic rings. The number of rotatable bonds is 15. The third kappa shape index (κ3) is 8.38. The molecule has 0 aliphatic heterocycles. The Morgan fingerprint density at radius 3 is 2.13 bits per heavy atom. The molecule has 0 atom stereocenters. The van der Waals surface area contributed by atoms with Gasteiger partial charge in [-0.3, -0.25) is 0 Å². The minimum absolute atomic E-state index is 0.208. The van der Waals surface area contributed by atoms with Crippen LogP contribution >= 0.6 is 0 Å². The molecule has 3 nitrogen and oxygen atoms in total. The maximum atomic E-state index is 11.5. The highest BCUT2D eigenvalue weighted by Gasteiger charge is 2.11. The number of hydrogen-bond acceptors (Lipinski definition) is 3. The van der Waals surface area contributed by atoms with E-state index in [0.717, 1.165) is 23.8 Å². The van der Waals surface area contributed by atoms with Gasteiger partial charge in [0, 0.05) is 17.0 Å².